The van der Waals surface area contributed by atoms with E-state index >= 15 is 0 Å². The normalized spacial score (nSPS) is 8.88. The van der Waals surface area contributed by atoms with Crippen LogP contribution in [0, 0.1) is 0 Å². The number of rotatable bonds is 3. The van der Waals surface area contributed by atoms with Gasteiger partial charge in [0, 0.05) is 5.25 Å². The summed E-state index contributed by atoms with van der Waals surface area (Å²) in [7, 11) is 0. The smallest absolute Gasteiger partial charge is 0.0949 e. The van der Waals surface area contributed by atoms with Gasteiger partial charge >= 0.3 is 0 Å². The van der Waals surface area contributed by atoms with E-state index in [-0.39, 0.29) is 0 Å². The first-order valence-electron chi connectivity index (χ1n) is 2.42. The van der Waals surface area contributed by atoms with Gasteiger partial charge in [-0.2, -0.15) is 0 Å². The molecule has 8 heavy (non-hydrogen) atoms. The first-order chi connectivity index (χ1) is 3.77. The first-order valence-corrected chi connectivity index (χ1v) is 3.88. The van der Waals surface area contributed by atoms with E-state index in [1.165, 1.54) is 0 Å². The summed E-state index contributed by atoms with van der Waals surface area (Å²) < 4.78 is 0. The number of aliphatic imine (C=N–C) groups is 1. The third kappa shape index (κ3) is 6.15. The predicted molar refractivity (Wildman–Crippen MR) is 42.6 cm³/mol. The Hall–Kier alpha value is 0.150. The lowest BCUT2D eigenvalue weighted by molar-refractivity contribution is 1.11. The summed E-state index contributed by atoms with van der Waals surface area (Å²) in [5.41, 5.74) is 0. The zero-order valence-electron chi connectivity index (χ0n) is 5.05. The van der Waals surface area contributed by atoms with Crippen LogP contribution >= 0.6 is 24.0 Å². The van der Waals surface area contributed by atoms with Crippen molar-refractivity contribution in [3.05, 3.63) is 0 Å². The van der Waals surface area contributed by atoms with Crippen molar-refractivity contribution in [3.63, 3.8) is 0 Å². The molecule has 0 saturated heterocycles. The summed E-state index contributed by atoms with van der Waals surface area (Å²) >= 11 is 6.13. The lowest BCUT2D eigenvalue weighted by Crippen LogP contribution is -1.85. The molecule has 0 aliphatic heterocycles. The van der Waals surface area contributed by atoms with E-state index in [0.717, 1.165) is 5.88 Å². The summed E-state index contributed by atoms with van der Waals surface area (Å²) in [6, 6.07) is 0. The molecule has 3 heteroatoms. The summed E-state index contributed by atoms with van der Waals surface area (Å²) in [5.74, 6) is 0.751. The third-order valence-corrected chi connectivity index (χ3v) is 1.61. The molecule has 46 valence electrons. The van der Waals surface area contributed by atoms with E-state index in [1.54, 1.807) is 11.8 Å². The molecule has 0 unspecified atom stereocenters. The highest BCUT2D eigenvalue weighted by atomic mass is 32.2. The van der Waals surface area contributed by atoms with Gasteiger partial charge in [0.15, 0.2) is 0 Å². The Labute approximate surface area is 59.6 Å². The van der Waals surface area contributed by atoms with Crippen molar-refractivity contribution in [3.8, 4) is 0 Å². The fourth-order valence-electron chi connectivity index (χ4n) is 0.213. The summed E-state index contributed by atoms with van der Waals surface area (Å²) in [6.45, 7) is 4.26. The minimum absolute atomic E-state index is 0.641. The molecule has 0 radical (unpaired) electrons. The van der Waals surface area contributed by atoms with Crippen molar-refractivity contribution in [2.45, 2.75) is 19.1 Å². The Bertz CT molecular complexity index is 94.6. The van der Waals surface area contributed by atoms with Gasteiger partial charge in [-0.15, -0.1) is 11.8 Å². The van der Waals surface area contributed by atoms with Gasteiger partial charge in [0.05, 0.1) is 11.0 Å². The molecule has 0 heterocycles. The largest absolute Gasteiger partial charge is 0.222 e. The number of hydrogen-bond acceptors (Lipinski definition) is 3. The number of nitrogens with zero attached hydrogens (tertiary/aromatic N) is 1. The van der Waals surface area contributed by atoms with Gasteiger partial charge in [0.2, 0.25) is 0 Å². The number of hydrogen-bond donors (Lipinski definition) is 0. The molecule has 0 atom stereocenters. The fourth-order valence-corrected chi connectivity index (χ4v) is 0.796. The van der Waals surface area contributed by atoms with Crippen LogP contribution in [0.15, 0.2) is 4.99 Å². The minimum Gasteiger partial charge on any atom is -0.222 e. The van der Waals surface area contributed by atoms with Crippen LogP contribution in [0.2, 0.25) is 0 Å². The second kappa shape index (κ2) is 5.29. The fraction of sp³-hybridized carbons (Fsp3) is 0.800. The molecule has 0 saturated carbocycles. The molecule has 0 aliphatic rings. The van der Waals surface area contributed by atoms with Crippen LogP contribution in [-0.4, -0.2) is 16.3 Å². The minimum atomic E-state index is 0.641. The highest BCUT2D eigenvalue weighted by molar-refractivity contribution is 7.99. The summed E-state index contributed by atoms with van der Waals surface area (Å²) in [6.07, 6.45) is 0. The monoisotopic (exact) mass is 147 g/mol. The first kappa shape index (κ1) is 8.15. The third-order valence-electron chi connectivity index (χ3n) is 0.537. The number of thiocarbonyl (C=S) groups is 1. The number of isothiocyanates is 1. The lowest BCUT2D eigenvalue weighted by atomic mass is 10.6. The van der Waals surface area contributed by atoms with Crippen LogP contribution in [0.3, 0.4) is 0 Å². The van der Waals surface area contributed by atoms with Crippen LogP contribution in [0.4, 0.5) is 0 Å². The molecule has 0 aromatic rings. The molecule has 0 bridgehead atoms. The molecule has 0 N–H and O–H groups in total. The Balaban J connectivity index is 3.05. The molecule has 0 rings (SSSR count). The van der Waals surface area contributed by atoms with Gasteiger partial charge in [0.25, 0.3) is 0 Å². The molecule has 0 spiro atoms. The van der Waals surface area contributed by atoms with Crippen molar-refractivity contribution in [2.75, 3.05) is 5.88 Å². The van der Waals surface area contributed by atoms with E-state index in [9.17, 15) is 0 Å². The van der Waals surface area contributed by atoms with Crippen molar-refractivity contribution in [1.82, 2.24) is 0 Å². The molecule has 0 aliphatic carbocycles. The van der Waals surface area contributed by atoms with E-state index in [1.807, 2.05) is 0 Å². The quantitative estimate of drug-likeness (QED) is 0.448. The Morgan fingerprint density at radius 3 is 2.75 bits per heavy atom. The molecule has 1 nitrogen and oxygen atoms in total. The van der Waals surface area contributed by atoms with Gasteiger partial charge in [-0.05, 0) is 12.2 Å². The van der Waals surface area contributed by atoms with Gasteiger partial charge in [0.1, 0.15) is 0 Å². The van der Waals surface area contributed by atoms with Crippen LogP contribution in [0.25, 0.3) is 0 Å². The zero-order valence-corrected chi connectivity index (χ0v) is 6.68. The molecule has 0 amide bonds. The molecule has 0 fully saturated rings. The lowest BCUT2D eigenvalue weighted by Gasteiger charge is -1.96. The summed E-state index contributed by atoms with van der Waals surface area (Å²) in [4.78, 5) is 3.74. The second-order valence-corrected chi connectivity index (χ2v) is 3.31. The second-order valence-electron chi connectivity index (χ2n) is 1.59. The maximum absolute atomic E-state index is 4.37. The van der Waals surface area contributed by atoms with Crippen molar-refractivity contribution in [1.29, 1.82) is 0 Å². The maximum atomic E-state index is 4.37. The van der Waals surface area contributed by atoms with Gasteiger partial charge < -0.3 is 0 Å². The average molecular weight is 147 g/mol. The Morgan fingerprint density at radius 1 is 1.75 bits per heavy atom. The molecular weight excluding hydrogens is 138 g/mol. The van der Waals surface area contributed by atoms with Crippen molar-refractivity contribution >= 4 is 29.1 Å². The van der Waals surface area contributed by atoms with E-state index < -0.39 is 0 Å². The highest BCUT2D eigenvalue weighted by Crippen LogP contribution is 2.07. The zero-order chi connectivity index (χ0) is 6.41. The number of thioether (sulfide) groups is 1. The molecule has 0 aromatic carbocycles. The van der Waals surface area contributed by atoms with Crippen LogP contribution in [0.1, 0.15) is 13.8 Å². The van der Waals surface area contributed by atoms with Crippen molar-refractivity contribution < 1.29 is 0 Å². The van der Waals surface area contributed by atoms with Gasteiger partial charge in [-0.1, -0.05) is 13.8 Å². The Morgan fingerprint density at radius 2 is 2.38 bits per heavy atom. The van der Waals surface area contributed by atoms with Crippen molar-refractivity contribution in [2.24, 2.45) is 4.99 Å². The van der Waals surface area contributed by atoms with E-state index in [2.05, 4.69) is 36.2 Å². The topological polar surface area (TPSA) is 12.4 Å². The maximum Gasteiger partial charge on any atom is 0.0949 e. The standard InChI is InChI=1S/C5H9NS2/c1-5(2)8-4-6-3-7/h5H,4H2,1-2H3. The van der Waals surface area contributed by atoms with Crippen LogP contribution in [0.5, 0.6) is 0 Å². The predicted octanol–water partition coefficient (Wildman–Crippen LogP) is 2.19. The Kier molecular flexibility index (Phi) is 5.39. The van der Waals surface area contributed by atoms with Gasteiger partial charge in [-0.25, -0.2) is 4.99 Å². The van der Waals surface area contributed by atoms with Crippen LogP contribution in [-0.2, 0) is 0 Å². The summed E-state index contributed by atoms with van der Waals surface area (Å²) in [5, 5.41) is 2.95. The molecule has 0 aromatic heterocycles. The van der Waals surface area contributed by atoms with E-state index in [0.29, 0.717) is 5.25 Å². The van der Waals surface area contributed by atoms with E-state index in [4.69, 9.17) is 0 Å². The van der Waals surface area contributed by atoms with Crippen LogP contribution < -0.4 is 0 Å². The van der Waals surface area contributed by atoms with Gasteiger partial charge in [-0.3, -0.25) is 0 Å². The average Bonchev–Trinajstić information content (AvgIpc) is 1.66. The highest BCUT2D eigenvalue weighted by Gasteiger charge is 1.88. The molecular formula is C5H9NS2. The SMILES string of the molecule is CC(C)SCN=C=S.